The van der Waals surface area contributed by atoms with Crippen LogP contribution in [0.2, 0.25) is 0 Å². The highest BCUT2D eigenvalue weighted by Crippen LogP contribution is 2.31. The van der Waals surface area contributed by atoms with Crippen LogP contribution < -0.4 is 15.4 Å². The molecule has 5 nitrogen and oxygen atoms in total. The van der Waals surface area contributed by atoms with Crippen molar-refractivity contribution in [2.24, 2.45) is 4.99 Å². The minimum Gasteiger partial charge on any atom is -0.492 e. The van der Waals surface area contributed by atoms with Gasteiger partial charge >= 0.3 is 6.18 Å². The molecule has 1 heterocycles. The Hall–Kier alpha value is -2.64. The first-order valence-electron chi connectivity index (χ1n) is 7.83. The summed E-state index contributed by atoms with van der Waals surface area (Å²) in [6.07, 6.45) is -2.80. The van der Waals surface area contributed by atoms with Crippen molar-refractivity contribution in [2.45, 2.75) is 19.6 Å². The van der Waals surface area contributed by atoms with Crippen LogP contribution in [0.5, 0.6) is 5.75 Å². The second kappa shape index (κ2) is 9.00. The lowest BCUT2D eigenvalue weighted by Crippen LogP contribution is -2.39. The van der Waals surface area contributed by atoms with Gasteiger partial charge in [-0.15, -0.1) is 0 Å². The van der Waals surface area contributed by atoms with E-state index >= 15 is 0 Å². The van der Waals surface area contributed by atoms with E-state index in [1.165, 1.54) is 12.1 Å². The van der Waals surface area contributed by atoms with Crippen LogP contribution in [0.1, 0.15) is 18.2 Å². The van der Waals surface area contributed by atoms with Crippen LogP contribution in [0.15, 0.2) is 52.1 Å². The standard InChI is InChI=1S/C17H20F3N3O2/c1-2-21-16(23-12-15-7-4-9-24-15)22-8-10-25-14-6-3-5-13(11-14)17(18,19)20/h3-7,9,11H,2,8,10,12H2,1H3,(H2,21,22,23). The number of nitrogens with one attached hydrogen (secondary N) is 2. The van der Waals surface area contributed by atoms with E-state index in [1.807, 2.05) is 13.0 Å². The molecule has 0 atom stereocenters. The fourth-order valence-electron chi connectivity index (χ4n) is 2.00. The number of halogens is 3. The van der Waals surface area contributed by atoms with Crippen molar-refractivity contribution in [2.75, 3.05) is 19.7 Å². The van der Waals surface area contributed by atoms with Gasteiger partial charge < -0.3 is 19.8 Å². The average molecular weight is 355 g/mol. The molecular formula is C17H20F3N3O2. The Labute approximate surface area is 143 Å². The molecule has 2 aromatic rings. The van der Waals surface area contributed by atoms with Crippen molar-refractivity contribution in [3.63, 3.8) is 0 Å². The minimum absolute atomic E-state index is 0.175. The summed E-state index contributed by atoms with van der Waals surface area (Å²) in [5, 5.41) is 6.11. The molecule has 0 amide bonds. The number of aliphatic imine (C=N–C) groups is 1. The predicted octanol–water partition coefficient (Wildman–Crippen LogP) is 3.43. The maximum Gasteiger partial charge on any atom is 0.416 e. The number of benzene rings is 1. The molecule has 8 heteroatoms. The van der Waals surface area contributed by atoms with Gasteiger partial charge in [-0.05, 0) is 37.3 Å². The van der Waals surface area contributed by atoms with Gasteiger partial charge in [0.15, 0.2) is 5.96 Å². The molecule has 136 valence electrons. The van der Waals surface area contributed by atoms with E-state index < -0.39 is 11.7 Å². The maximum atomic E-state index is 12.6. The van der Waals surface area contributed by atoms with E-state index in [0.717, 1.165) is 17.9 Å². The van der Waals surface area contributed by atoms with E-state index in [0.29, 0.717) is 25.6 Å². The van der Waals surface area contributed by atoms with Gasteiger partial charge in [-0.3, -0.25) is 0 Å². The lowest BCUT2D eigenvalue weighted by atomic mass is 10.2. The summed E-state index contributed by atoms with van der Waals surface area (Å²) in [4.78, 5) is 4.34. The van der Waals surface area contributed by atoms with Gasteiger partial charge in [-0.25, -0.2) is 4.99 Å². The highest BCUT2D eigenvalue weighted by molar-refractivity contribution is 5.79. The Bertz CT molecular complexity index is 670. The van der Waals surface area contributed by atoms with Gasteiger partial charge in [-0.2, -0.15) is 13.2 Å². The molecule has 0 aliphatic carbocycles. The van der Waals surface area contributed by atoms with Crippen LogP contribution in [0.4, 0.5) is 13.2 Å². The van der Waals surface area contributed by atoms with E-state index in [4.69, 9.17) is 9.15 Å². The topological polar surface area (TPSA) is 58.8 Å². The smallest absolute Gasteiger partial charge is 0.416 e. The zero-order chi connectivity index (χ0) is 18.1. The maximum absolute atomic E-state index is 12.6. The van der Waals surface area contributed by atoms with Gasteiger partial charge in [-0.1, -0.05) is 6.07 Å². The highest BCUT2D eigenvalue weighted by atomic mass is 19.4. The summed E-state index contributed by atoms with van der Waals surface area (Å²) in [6, 6.07) is 8.41. The minimum atomic E-state index is -4.38. The van der Waals surface area contributed by atoms with Gasteiger partial charge in [0.25, 0.3) is 0 Å². The first kappa shape index (κ1) is 18.7. The van der Waals surface area contributed by atoms with Crippen molar-refractivity contribution in [3.8, 4) is 5.75 Å². The van der Waals surface area contributed by atoms with E-state index in [2.05, 4.69) is 15.6 Å². The number of hydrogen-bond acceptors (Lipinski definition) is 3. The van der Waals surface area contributed by atoms with E-state index in [9.17, 15) is 13.2 Å². The third-order valence-corrected chi connectivity index (χ3v) is 3.14. The molecule has 0 unspecified atom stereocenters. The molecule has 0 saturated carbocycles. The number of ether oxygens (including phenoxy) is 1. The fraction of sp³-hybridized carbons (Fsp3) is 0.353. The van der Waals surface area contributed by atoms with Gasteiger partial charge in [0.2, 0.25) is 0 Å². The Morgan fingerprint density at radius 3 is 2.72 bits per heavy atom. The molecule has 1 aromatic heterocycles. The van der Waals surface area contributed by atoms with Crippen LogP contribution in [0.3, 0.4) is 0 Å². The summed E-state index contributed by atoms with van der Waals surface area (Å²) in [7, 11) is 0. The van der Waals surface area contributed by atoms with Crippen molar-refractivity contribution in [1.29, 1.82) is 0 Å². The van der Waals surface area contributed by atoms with Crippen LogP contribution >= 0.6 is 0 Å². The molecule has 0 saturated heterocycles. The number of alkyl halides is 3. The molecule has 0 fully saturated rings. The molecule has 0 radical (unpaired) electrons. The average Bonchev–Trinajstić information content (AvgIpc) is 3.09. The largest absolute Gasteiger partial charge is 0.492 e. The fourth-order valence-corrected chi connectivity index (χ4v) is 2.00. The number of rotatable bonds is 7. The number of hydrogen-bond donors (Lipinski definition) is 2. The van der Waals surface area contributed by atoms with Gasteiger partial charge in [0, 0.05) is 6.54 Å². The van der Waals surface area contributed by atoms with Crippen molar-refractivity contribution in [3.05, 3.63) is 54.0 Å². The van der Waals surface area contributed by atoms with Crippen molar-refractivity contribution >= 4 is 5.96 Å². The summed E-state index contributed by atoms with van der Waals surface area (Å²) in [5.74, 6) is 1.48. The molecule has 25 heavy (non-hydrogen) atoms. The van der Waals surface area contributed by atoms with E-state index in [1.54, 1.807) is 12.3 Å². The lowest BCUT2D eigenvalue weighted by Gasteiger charge is -2.13. The monoisotopic (exact) mass is 355 g/mol. The first-order chi connectivity index (χ1) is 12.0. The molecule has 0 spiro atoms. The molecule has 2 rings (SSSR count). The van der Waals surface area contributed by atoms with Crippen molar-refractivity contribution in [1.82, 2.24) is 10.6 Å². The normalized spacial score (nSPS) is 12.1. The van der Waals surface area contributed by atoms with Crippen LogP contribution in [0, 0.1) is 0 Å². The zero-order valence-corrected chi connectivity index (χ0v) is 13.8. The Morgan fingerprint density at radius 2 is 2.04 bits per heavy atom. The molecule has 1 aromatic carbocycles. The lowest BCUT2D eigenvalue weighted by molar-refractivity contribution is -0.137. The number of guanidine groups is 1. The first-order valence-corrected chi connectivity index (χ1v) is 7.83. The highest BCUT2D eigenvalue weighted by Gasteiger charge is 2.30. The Balaban J connectivity index is 1.81. The second-order valence-corrected chi connectivity index (χ2v) is 5.08. The summed E-state index contributed by atoms with van der Waals surface area (Å²) in [6.45, 7) is 3.59. The molecule has 0 aliphatic heterocycles. The zero-order valence-electron chi connectivity index (χ0n) is 13.8. The Kier molecular flexibility index (Phi) is 6.73. The SMILES string of the molecule is CCNC(=NCc1ccco1)NCCOc1cccc(C(F)(F)F)c1. The van der Waals surface area contributed by atoms with Crippen LogP contribution in [-0.2, 0) is 12.7 Å². The molecule has 0 aliphatic rings. The Morgan fingerprint density at radius 1 is 1.20 bits per heavy atom. The number of furan rings is 1. The third kappa shape index (κ3) is 6.40. The molecular weight excluding hydrogens is 335 g/mol. The molecule has 0 bridgehead atoms. The predicted molar refractivity (Wildman–Crippen MR) is 88.5 cm³/mol. The summed E-state index contributed by atoms with van der Waals surface area (Å²) < 4.78 is 48.5. The van der Waals surface area contributed by atoms with Crippen molar-refractivity contribution < 1.29 is 22.3 Å². The van der Waals surface area contributed by atoms with Gasteiger partial charge in [0.05, 0.1) is 18.4 Å². The van der Waals surface area contributed by atoms with Crippen LogP contribution in [-0.4, -0.2) is 25.7 Å². The van der Waals surface area contributed by atoms with Gasteiger partial charge in [0.1, 0.15) is 24.7 Å². The summed E-state index contributed by atoms with van der Waals surface area (Å²) in [5.41, 5.74) is -0.730. The van der Waals surface area contributed by atoms with Crippen LogP contribution in [0.25, 0.3) is 0 Å². The summed E-state index contributed by atoms with van der Waals surface area (Å²) >= 11 is 0. The number of nitrogens with zero attached hydrogens (tertiary/aromatic N) is 1. The second-order valence-electron chi connectivity index (χ2n) is 5.08. The third-order valence-electron chi connectivity index (χ3n) is 3.14. The quantitative estimate of drug-likeness (QED) is 0.454. The van der Waals surface area contributed by atoms with E-state index in [-0.39, 0.29) is 12.4 Å². The molecule has 2 N–H and O–H groups in total.